The fraction of sp³-hybridized carbons (Fsp3) is 0.778. The molecule has 0 unspecified atom stereocenters. The number of aliphatic carboxylic acids is 1. The van der Waals surface area contributed by atoms with Crippen LogP contribution in [0, 0.1) is 0 Å². The SMILES string of the molecule is CC(C)N(C(N)=O)C(C)(C)CC(=O)O. The van der Waals surface area contributed by atoms with Gasteiger partial charge in [0.05, 0.1) is 6.42 Å². The number of carbonyl (C=O) groups is 2. The Morgan fingerprint density at radius 1 is 1.43 bits per heavy atom. The smallest absolute Gasteiger partial charge is 0.315 e. The number of hydrogen-bond acceptors (Lipinski definition) is 2. The zero-order valence-corrected chi connectivity index (χ0v) is 9.07. The molecule has 5 heteroatoms. The van der Waals surface area contributed by atoms with Crippen molar-refractivity contribution < 1.29 is 14.7 Å². The Labute approximate surface area is 83.9 Å². The highest BCUT2D eigenvalue weighted by Gasteiger charge is 2.33. The van der Waals surface area contributed by atoms with Gasteiger partial charge in [-0.1, -0.05) is 0 Å². The number of amides is 2. The molecule has 0 aromatic carbocycles. The predicted molar refractivity (Wildman–Crippen MR) is 52.9 cm³/mol. The molecule has 0 aliphatic carbocycles. The normalized spacial score (nSPS) is 11.5. The average molecular weight is 202 g/mol. The van der Waals surface area contributed by atoms with Crippen LogP contribution in [0.4, 0.5) is 4.79 Å². The van der Waals surface area contributed by atoms with Gasteiger partial charge in [0.15, 0.2) is 0 Å². The predicted octanol–water partition coefficient (Wildman–Crippen LogP) is 1.03. The van der Waals surface area contributed by atoms with Crippen molar-refractivity contribution >= 4 is 12.0 Å². The summed E-state index contributed by atoms with van der Waals surface area (Å²) in [4.78, 5) is 23.1. The molecule has 5 nitrogen and oxygen atoms in total. The van der Waals surface area contributed by atoms with Gasteiger partial charge in [0, 0.05) is 11.6 Å². The first kappa shape index (κ1) is 12.7. The minimum Gasteiger partial charge on any atom is -0.481 e. The molecule has 0 aromatic heterocycles. The van der Waals surface area contributed by atoms with Crippen molar-refractivity contribution in [3.8, 4) is 0 Å². The number of rotatable bonds is 4. The van der Waals surface area contributed by atoms with Gasteiger partial charge >= 0.3 is 12.0 Å². The first-order valence-corrected chi connectivity index (χ1v) is 4.49. The third kappa shape index (κ3) is 3.24. The number of nitrogens with zero attached hydrogens (tertiary/aromatic N) is 1. The Morgan fingerprint density at radius 2 is 1.86 bits per heavy atom. The van der Waals surface area contributed by atoms with E-state index < -0.39 is 17.5 Å². The Hall–Kier alpha value is -1.26. The van der Waals surface area contributed by atoms with Crippen LogP contribution in [0.25, 0.3) is 0 Å². The molecule has 0 fully saturated rings. The van der Waals surface area contributed by atoms with E-state index >= 15 is 0 Å². The lowest BCUT2D eigenvalue weighted by Gasteiger charge is -2.39. The van der Waals surface area contributed by atoms with Crippen molar-refractivity contribution in [1.82, 2.24) is 4.90 Å². The lowest BCUT2D eigenvalue weighted by atomic mass is 9.97. The number of hydrogen-bond donors (Lipinski definition) is 2. The molecular formula is C9H18N2O3. The molecule has 14 heavy (non-hydrogen) atoms. The zero-order valence-electron chi connectivity index (χ0n) is 9.07. The number of carboxylic acid groups (broad SMARTS) is 1. The van der Waals surface area contributed by atoms with E-state index in [2.05, 4.69) is 0 Å². The summed E-state index contributed by atoms with van der Waals surface area (Å²) < 4.78 is 0. The van der Waals surface area contributed by atoms with Gasteiger partial charge in [0.2, 0.25) is 0 Å². The highest BCUT2D eigenvalue weighted by molar-refractivity contribution is 5.75. The molecule has 0 spiro atoms. The summed E-state index contributed by atoms with van der Waals surface area (Å²) in [5.41, 5.74) is 4.44. The number of nitrogens with two attached hydrogens (primary N) is 1. The molecule has 0 saturated carbocycles. The van der Waals surface area contributed by atoms with Gasteiger partial charge in [-0.05, 0) is 27.7 Å². The van der Waals surface area contributed by atoms with Gasteiger partial charge in [-0.2, -0.15) is 0 Å². The van der Waals surface area contributed by atoms with Crippen LogP contribution in [0.2, 0.25) is 0 Å². The van der Waals surface area contributed by atoms with Crippen LogP contribution in [0.5, 0.6) is 0 Å². The maximum absolute atomic E-state index is 11.1. The minimum absolute atomic E-state index is 0.109. The molecular weight excluding hydrogens is 184 g/mol. The summed E-state index contributed by atoms with van der Waals surface area (Å²) in [5, 5.41) is 8.68. The van der Waals surface area contributed by atoms with Crippen molar-refractivity contribution in [2.24, 2.45) is 5.73 Å². The Morgan fingerprint density at radius 3 is 2.07 bits per heavy atom. The van der Waals surface area contributed by atoms with Crippen LogP contribution in [0.3, 0.4) is 0 Å². The molecule has 3 N–H and O–H groups in total. The zero-order chi connectivity index (χ0) is 11.5. The van der Waals surface area contributed by atoms with Gasteiger partial charge in [0.1, 0.15) is 0 Å². The number of primary amides is 1. The summed E-state index contributed by atoms with van der Waals surface area (Å²) in [6.07, 6.45) is -0.117. The third-order valence-corrected chi connectivity index (χ3v) is 1.99. The van der Waals surface area contributed by atoms with Gasteiger partial charge in [-0.15, -0.1) is 0 Å². The molecule has 82 valence electrons. The standard InChI is InChI=1S/C9H18N2O3/c1-6(2)11(8(10)14)9(3,4)5-7(12)13/h6H,5H2,1-4H3,(H2,10,14)(H,12,13). The Bertz CT molecular complexity index is 236. The second-order valence-corrected chi connectivity index (χ2v) is 4.18. The van der Waals surface area contributed by atoms with Crippen molar-refractivity contribution in [2.45, 2.75) is 45.7 Å². The second-order valence-electron chi connectivity index (χ2n) is 4.18. The Balaban J connectivity index is 4.80. The van der Waals surface area contributed by atoms with Crippen LogP contribution < -0.4 is 5.73 Å². The van der Waals surface area contributed by atoms with E-state index in [0.717, 1.165) is 0 Å². The largest absolute Gasteiger partial charge is 0.481 e. The monoisotopic (exact) mass is 202 g/mol. The lowest BCUT2D eigenvalue weighted by Crippen LogP contribution is -2.54. The van der Waals surface area contributed by atoms with Crippen molar-refractivity contribution in [1.29, 1.82) is 0 Å². The molecule has 0 aromatic rings. The first-order valence-electron chi connectivity index (χ1n) is 4.49. The number of carboxylic acids is 1. The molecule has 0 radical (unpaired) electrons. The highest BCUT2D eigenvalue weighted by atomic mass is 16.4. The fourth-order valence-electron chi connectivity index (χ4n) is 1.71. The van der Waals surface area contributed by atoms with Gasteiger partial charge in [0.25, 0.3) is 0 Å². The van der Waals surface area contributed by atoms with Crippen molar-refractivity contribution in [3.63, 3.8) is 0 Å². The third-order valence-electron chi connectivity index (χ3n) is 1.99. The van der Waals surface area contributed by atoms with Crippen molar-refractivity contribution in [2.75, 3.05) is 0 Å². The molecule has 0 aliphatic heterocycles. The van der Waals surface area contributed by atoms with Crippen molar-refractivity contribution in [3.05, 3.63) is 0 Å². The number of urea groups is 1. The fourth-order valence-corrected chi connectivity index (χ4v) is 1.71. The topological polar surface area (TPSA) is 83.6 Å². The summed E-state index contributed by atoms with van der Waals surface area (Å²) in [5.74, 6) is -0.943. The molecule has 0 aliphatic rings. The van der Waals surface area contributed by atoms with E-state index in [1.165, 1.54) is 4.90 Å². The first-order chi connectivity index (χ1) is 6.18. The van der Waals surface area contributed by atoms with Crippen LogP contribution >= 0.6 is 0 Å². The van der Waals surface area contributed by atoms with Crippen LogP contribution in [-0.4, -0.2) is 33.6 Å². The molecule has 0 bridgehead atoms. The second kappa shape index (κ2) is 4.30. The number of carbonyl (C=O) groups excluding carboxylic acids is 1. The summed E-state index contributed by atoms with van der Waals surface area (Å²) in [6.45, 7) is 6.97. The lowest BCUT2D eigenvalue weighted by molar-refractivity contribution is -0.139. The van der Waals surface area contributed by atoms with E-state index in [1.54, 1.807) is 27.7 Å². The highest BCUT2D eigenvalue weighted by Crippen LogP contribution is 2.21. The van der Waals surface area contributed by atoms with E-state index in [9.17, 15) is 9.59 Å². The van der Waals surface area contributed by atoms with Gasteiger partial charge < -0.3 is 15.7 Å². The van der Waals surface area contributed by atoms with E-state index in [4.69, 9.17) is 10.8 Å². The molecule has 0 atom stereocenters. The van der Waals surface area contributed by atoms with Crippen LogP contribution in [-0.2, 0) is 4.79 Å². The van der Waals surface area contributed by atoms with Gasteiger partial charge in [-0.25, -0.2) is 4.79 Å². The van der Waals surface area contributed by atoms with Gasteiger partial charge in [-0.3, -0.25) is 4.79 Å². The average Bonchev–Trinajstić information content (AvgIpc) is 1.77. The molecule has 2 amide bonds. The maximum atomic E-state index is 11.1. The quantitative estimate of drug-likeness (QED) is 0.714. The molecule has 0 heterocycles. The van der Waals surface area contributed by atoms with Crippen LogP contribution in [0.15, 0.2) is 0 Å². The van der Waals surface area contributed by atoms with E-state index in [1.807, 2.05) is 0 Å². The summed E-state index contributed by atoms with van der Waals surface area (Å²) in [6, 6.07) is -0.701. The summed E-state index contributed by atoms with van der Waals surface area (Å²) >= 11 is 0. The Kier molecular flexibility index (Phi) is 3.92. The van der Waals surface area contributed by atoms with Crippen LogP contribution in [0.1, 0.15) is 34.1 Å². The van der Waals surface area contributed by atoms with E-state index in [0.29, 0.717) is 0 Å². The molecule has 0 saturated heterocycles. The maximum Gasteiger partial charge on any atom is 0.315 e. The van der Waals surface area contributed by atoms with E-state index in [-0.39, 0.29) is 12.5 Å². The summed E-state index contributed by atoms with van der Waals surface area (Å²) in [7, 11) is 0. The minimum atomic E-state index is -0.943. The molecule has 0 rings (SSSR count).